The van der Waals surface area contributed by atoms with Gasteiger partial charge in [0.2, 0.25) is 0 Å². The Morgan fingerprint density at radius 3 is 3.25 bits per heavy atom. The van der Waals surface area contributed by atoms with Crippen LogP contribution in [0, 0.1) is 5.82 Å². The number of rotatable bonds is 0. The van der Waals surface area contributed by atoms with Gasteiger partial charge in [-0.25, -0.2) is 4.39 Å². The minimum atomic E-state index is -0.237. The van der Waals surface area contributed by atoms with Gasteiger partial charge in [0.05, 0.1) is 12.2 Å². The quantitative estimate of drug-likeness (QED) is 0.638. The number of fused-ring (bicyclic) bond motifs is 1. The molecule has 0 radical (unpaired) electrons. The molecule has 1 aromatic carbocycles. The summed E-state index contributed by atoms with van der Waals surface area (Å²) in [6.07, 6.45) is 0.156. The first-order chi connectivity index (χ1) is 5.75. The maximum atomic E-state index is 12.7. The summed E-state index contributed by atoms with van der Waals surface area (Å²) in [6, 6.07) is 4.49. The second-order valence-corrected chi connectivity index (χ2v) is 2.95. The average molecular weight is 167 g/mol. The molecule has 0 bridgehead atoms. The molecular weight excluding hydrogens is 157 g/mol. The Labute approximate surface area is 70.3 Å². The van der Waals surface area contributed by atoms with Gasteiger partial charge in [-0.2, -0.15) is 0 Å². The average Bonchev–Trinajstić information content (AvgIpc) is 2.05. The first-order valence-electron chi connectivity index (χ1n) is 3.96. The highest BCUT2D eigenvalue weighted by atomic mass is 19.1. The zero-order valence-electron chi connectivity index (χ0n) is 6.80. The number of hydrogen-bond donors (Lipinski definition) is 1. The normalized spacial score (nSPS) is 20.7. The molecule has 64 valence electrons. The fourth-order valence-corrected chi connectivity index (χ4v) is 1.26. The van der Waals surface area contributed by atoms with Crippen molar-refractivity contribution in [1.82, 2.24) is 0 Å². The summed E-state index contributed by atoms with van der Waals surface area (Å²) in [7, 11) is 0. The summed E-state index contributed by atoms with van der Waals surface area (Å²) >= 11 is 0. The zero-order valence-corrected chi connectivity index (χ0v) is 6.80. The van der Waals surface area contributed by atoms with E-state index in [1.165, 1.54) is 12.1 Å². The van der Waals surface area contributed by atoms with Gasteiger partial charge >= 0.3 is 0 Å². The third-order valence-corrected chi connectivity index (χ3v) is 1.85. The van der Waals surface area contributed by atoms with Crippen molar-refractivity contribution in [3.63, 3.8) is 0 Å². The van der Waals surface area contributed by atoms with Crippen LogP contribution < -0.4 is 10.1 Å². The molecule has 2 rings (SSSR count). The Morgan fingerprint density at radius 1 is 1.58 bits per heavy atom. The van der Waals surface area contributed by atoms with Crippen LogP contribution >= 0.6 is 0 Å². The van der Waals surface area contributed by atoms with Gasteiger partial charge in [0.25, 0.3) is 0 Å². The Balaban J connectivity index is 2.37. The van der Waals surface area contributed by atoms with Crippen LogP contribution in [0.25, 0.3) is 0 Å². The smallest absolute Gasteiger partial charge is 0.143 e. The molecule has 1 aliphatic heterocycles. The molecule has 1 heterocycles. The summed E-state index contributed by atoms with van der Waals surface area (Å²) in [5.74, 6) is 0.495. The summed E-state index contributed by atoms with van der Waals surface area (Å²) in [6.45, 7) is 2.70. The SMILES string of the molecule is C[C@@H]1CNc2cc(F)ccc2O1. The van der Waals surface area contributed by atoms with E-state index in [1.807, 2.05) is 6.92 Å². The van der Waals surface area contributed by atoms with Crippen LogP contribution in [0.2, 0.25) is 0 Å². The van der Waals surface area contributed by atoms with E-state index in [0.717, 1.165) is 18.0 Å². The van der Waals surface area contributed by atoms with E-state index >= 15 is 0 Å². The number of benzene rings is 1. The van der Waals surface area contributed by atoms with Gasteiger partial charge in [-0.1, -0.05) is 0 Å². The summed E-state index contributed by atoms with van der Waals surface area (Å²) in [5.41, 5.74) is 0.744. The summed E-state index contributed by atoms with van der Waals surface area (Å²) in [5, 5.41) is 3.09. The van der Waals surface area contributed by atoms with E-state index in [1.54, 1.807) is 6.07 Å². The van der Waals surface area contributed by atoms with E-state index in [2.05, 4.69) is 5.32 Å². The lowest BCUT2D eigenvalue weighted by atomic mass is 10.2. The van der Waals surface area contributed by atoms with Crippen LogP contribution in [0.5, 0.6) is 5.75 Å². The topological polar surface area (TPSA) is 21.3 Å². The predicted molar refractivity (Wildman–Crippen MR) is 45.0 cm³/mol. The second kappa shape index (κ2) is 2.66. The van der Waals surface area contributed by atoms with E-state index in [9.17, 15) is 4.39 Å². The molecule has 12 heavy (non-hydrogen) atoms. The maximum absolute atomic E-state index is 12.7. The van der Waals surface area contributed by atoms with Crippen LogP contribution in [-0.4, -0.2) is 12.6 Å². The minimum absolute atomic E-state index is 0.156. The summed E-state index contributed by atoms with van der Waals surface area (Å²) < 4.78 is 18.2. The van der Waals surface area contributed by atoms with Gasteiger partial charge in [0.1, 0.15) is 17.7 Å². The van der Waals surface area contributed by atoms with Crippen molar-refractivity contribution in [2.75, 3.05) is 11.9 Å². The molecule has 0 saturated carbocycles. The molecule has 0 amide bonds. The van der Waals surface area contributed by atoms with Gasteiger partial charge in [0.15, 0.2) is 0 Å². The molecule has 2 nitrogen and oxygen atoms in total. The first-order valence-corrected chi connectivity index (χ1v) is 3.96. The van der Waals surface area contributed by atoms with Crippen LogP contribution in [0.1, 0.15) is 6.92 Å². The van der Waals surface area contributed by atoms with E-state index in [0.29, 0.717) is 0 Å². The van der Waals surface area contributed by atoms with Gasteiger partial charge in [-0.3, -0.25) is 0 Å². The third-order valence-electron chi connectivity index (χ3n) is 1.85. The Hall–Kier alpha value is -1.25. The zero-order chi connectivity index (χ0) is 8.55. The molecule has 1 aliphatic rings. The highest BCUT2D eigenvalue weighted by molar-refractivity contribution is 5.57. The van der Waals surface area contributed by atoms with Crippen molar-refractivity contribution in [2.24, 2.45) is 0 Å². The van der Waals surface area contributed by atoms with Crippen molar-refractivity contribution in [3.8, 4) is 5.75 Å². The van der Waals surface area contributed by atoms with E-state index in [4.69, 9.17) is 4.74 Å². The van der Waals surface area contributed by atoms with E-state index < -0.39 is 0 Å². The van der Waals surface area contributed by atoms with Crippen molar-refractivity contribution in [3.05, 3.63) is 24.0 Å². The first kappa shape index (κ1) is 7.40. The van der Waals surface area contributed by atoms with E-state index in [-0.39, 0.29) is 11.9 Å². The number of nitrogens with one attached hydrogen (secondary N) is 1. The van der Waals surface area contributed by atoms with Crippen molar-refractivity contribution >= 4 is 5.69 Å². The van der Waals surface area contributed by atoms with Crippen molar-refractivity contribution in [1.29, 1.82) is 0 Å². The molecule has 1 N–H and O–H groups in total. The number of hydrogen-bond acceptors (Lipinski definition) is 2. The molecule has 3 heteroatoms. The number of ether oxygens (including phenoxy) is 1. The molecule has 1 atom stereocenters. The Bertz CT molecular complexity index is 301. The monoisotopic (exact) mass is 167 g/mol. The molecule has 1 aromatic rings. The van der Waals surface area contributed by atoms with Crippen molar-refractivity contribution < 1.29 is 9.13 Å². The maximum Gasteiger partial charge on any atom is 0.143 e. The Kier molecular flexibility index (Phi) is 1.64. The largest absolute Gasteiger partial charge is 0.487 e. The fraction of sp³-hybridized carbons (Fsp3) is 0.333. The highest BCUT2D eigenvalue weighted by Gasteiger charge is 2.14. The minimum Gasteiger partial charge on any atom is -0.487 e. The third kappa shape index (κ3) is 1.22. The molecule has 0 saturated heterocycles. The molecular formula is C9H10FNO. The standard InChI is InChI=1S/C9H10FNO/c1-6-5-11-8-4-7(10)2-3-9(8)12-6/h2-4,6,11H,5H2,1H3/t6-/m1/s1. The number of anilines is 1. The summed E-state index contributed by atoms with van der Waals surface area (Å²) in [4.78, 5) is 0. The lowest BCUT2D eigenvalue weighted by Gasteiger charge is -2.24. The van der Waals surface area contributed by atoms with Crippen LogP contribution in [0.4, 0.5) is 10.1 Å². The Morgan fingerprint density at radius 2 is 2.42 bits per heavy atom. The van der Waals surface area contributed by atoms with Crippen LogP contribution in [0.3, 0.4) is 0 Å². The lowest BCUT2D eigenvalue weighted by Crippen LogP contribution is -2.27. The van der Waals surface area contributed by atoms with Gasteiger partial charge in [0, 0.05) is 6.07 Å². The molecule has 0 aromatic heterocycles. The van der Waals surface area contributed by atoms with Gasteiger partial charge < -0.3 is 10.1 Å². The second-order valence-electron chi connectivity index (χ2n) is 2.95. The molecule has 0 unspecified atom stereocenters. The number of halogens is 1. The molecule has 0 spiro atoms. The molecule has 0 fully saturated rings. The molecule has 0 aliphatic carbocycles. The fourth-order valence-electron chi connectivity index (χ4n) is 1.26. The van der Waals surface area contributed by atoms with Gasteiger partial charge in [-0.15, -0.1) is 0 Å². The van der Waals surface area contributed by atoms with Crippen molar-refractivity contribution in [2.45, 2.75) is 13.0 Å². The highest BCUT2D eigenvalue weighted by Crippen LogP contribution is 2.29. The predicted octanol–water partition coefficient (Wildman–Crippen LogP) is 2.02. The van der Waals surface area contributed by atoms with Crippen LogP contribution in [-0.2, 0) is 0 Å². The lowest BCUT2D eigenvalue weighted by molar-refractivity contribution is 0.225. The van der Waals surface area contributed by atoms with Gasteiger partial charge in [-0.05, 0) is 19.1 Å². The van der Waals surface area contributed by atoms with Crippen LogP contribution in [0.15, 0.2) is 18.2 Å².